The first-order valence-electron chi connectivity index (χ1n) is 4.93. The molecule has 0 aliphatic heterocycles. The van der Waals surface area contributed by atoms with Crippen LogP contribution in [-0.2, 0) is 0 Å². The summed E-state index contributed by atoms with van der Waals surface area (Å²) in [5.41, 5.74) is 0.878. The Morgan fingerprint density at radius 1 is 1.62 bits per heavy atom. The molecule has 0 bridgehead atoms. The average Bonchev–Trinajstić information content (AvgIpc) is 2.69. The molecule has 0 saturated carbocycles. The van der Waals surface area contributed by atoms with E-state index in [2.05, 4.69) is 20.3 Å². The Morgan fingerprint density at radius 3 is 3.19 bits per heavy atom. The molecular weight excluding hydrogens is 222 g/mol. The van der Waals surface area contributed by atoms with Gasteiger partial charge in [0.2, 0.25) is 4.77 Å². The van der Waals surface area contributed by atoms with Crippen molar-refractivity contribution < 1.29 is 0 Å². The molecule has 2 aromatic heterocycles. The van der Waals surface area contributed by atoms with Crippen molar-refractivity contribution in [3.63, 3.8) is 0 Å². The van der Waals surface area contributed by atoms with E-state index in [9.17, 15) is 0 Å². The molecule has 0 aliphatic rings. The van der Waals surface area contributed by atoms with Gasteiger partial charge in [-0.2, -0.15) is 14.9 Å². The highest BCUT2D eigenvalue weighted by Crippen LogP contribution is 2.14. The van der Waals surface area contributed by atoms with E-state index in [4.69, 9.17) is 12.2 Å². The lowest BCUT2D eigenvalue weighted by atomic mass is 10.3. The van der Waals surface area contributed by atoms with Crippen LogP contribution in [0.25, 0.3) is 11.4 Å². The zero-order valence-corrected chi connectivity index (χ0v) is 9.61. The molecule has 6 heteroatoms. The molecule has 16 heavy (non-hydrogen) atoms. The van der Waals surface area contributed by atoms with E-state index in [0.29, 0.717) is 10.6 Å². The predicted octanol–water partition coefficient (Wildman–Crippen LogP) is 2.25. The molecule has 0 spiro atoms. The topological polar surface area (TPSA) is 58.9 Å². The predicted molar refractivity (Wildman–Crippen MR) is 64.8 cm³/mol. The van der Waals surface area contributed by atoms with Gasteiger partial charge < -0.3 is 0 Å². The van der Waals surface area contributed by atoms with Gasteiger partial charge in [-0.3, -0.25) is 4.98 Å². The minimum atomic E-state index is 0.476. The van der Waals surface area contributed by atoms with Gasteiger partial charge in [-0.1, -0.05) is 6.92 Å². The maximum Gasteiger partial charge on any atom is 0.216 e. The number of hydrogen-bond acceptors (Lipinski definition) is 4. The summed E-state index contributed by atoms with van der Waals surface area (Å²) in [5.74, 6) is 0.669. The Morgan fingerprint density at radius 2 is 2.50 bits per heavy atom. The van der Waals surface area contributed by atoms with Crippen molar-refractivity contribution in [1.29, 1.82) is 0 Å². The third-order valence-electron chi connectivity index (χ3n) is 1.95. The molecule has 2 heterocycles. The van der Waals surface area contributed by atoms with E-state index in [-0.39, 0.29) is 0 Å². The van der Waals surface area contributed by atoms with Gasteiger partial charge in [0.25, 0.3) is 0 Å². The quantitative estimate of drug-likeness (QED) is 0.653. The van der Waals surface area contributed by atoms with E-state index >= 15 is 0 Å². The molecule has 0 aromatic carbocycles. The first-order chi connectivity index (χ1) is 7.83. The normalized spacial score (nSPS) is 11.1. The van der Waals surface area contributed by atoms with Gasteiger partial charge in [0.15, 0.2) is 5.82 Å². The SMILES string of the molecule is CC/C=N/n1c(-c2cccnc2)n[nH]c1=S. The molecule has 82 valence electrons. The van der Waals surface area contributed by atoms with Crippen LogP contribution in [0.1, 0.15) is 13.3 Å². The molecule has 2 aromatic rings. The number of nitrogens with one attached hydrogen (secondary N) is 1. The Bertz CT molecular complexity index is 540. The van der Waals surface area contributed by atoms with Crippen molar-refractivity contribution in [2.45, 2.75) is 13.3 Å². The summed E-state index contributed by atoms with van der Waals surface area (Å²) in [5, 5.41) is 11.1. The molecule has 0 aliphatic carbocycles. The van der Waals surface area contributed by atoms with Gasteiger partial charge in [-0.05, 0) is 30.8 Å². The smallest absolute Gasteiger partial charge is 0.216 e. The summed E-state index contributed by atoms with van der Waals surface area (Å²) in [4.78, 5) is 4.04. The minimum absolute atomic E-state index is 0.476. The number of hydrogen-bond donors (Lipinski definition) is 1. The first-order valence-corrected chi connectivity index (χ1v) is 5.34. The Hall–Kier alpha value is -1.82. The van der Waals surface area contributed by atoms with Crippen LogP contribution < -0.4 is 0 Å². The summed E-state index contributed by atoms with van der Waals surface area (Å²) in [6.45, 7) is 2.01. The van der Waals surface area contributed by atoms with E-state index in [1.807, 2.05) is 19.1 Å². The highest BCUT2D eigenvalue weighted by molar-refractivity contribution is 7.71. The number of nitrogens with zero attached hydrogens (tertiary/aromatic N) is 4. The zero-order chi connectivity index (χ0) is 11.4. The average molecular weight is 233 g/mol. The lowest BCUT2D eigenvalue weighted by molar-refractivity contribution is 0.865. The molecule has 5 nitrogen and oxygen atoms in total. The van der Waals surface area contributed by atoms with E-state index in [1.54, 1.807) is 23.3 Å². The van der Waals surface area contributed by atoms with Crippen molar-refractivity contribution >= 4 is 18.4 Å². The van der Waals surface area contributed by atoms with Crippen LogP contribution in [0.15, 0.2) is 29.6 Å². The van der Waals surface area contributed by atoms with Crippen molar-refractivity contribution in [3.05, 3.63) is 29.3 Å². The highest BCUT2D eigenvalue weighted by atomic mass is 32.1. The second-order valence-corrected chi connectivity index (χ2v) is 3.50. The van der Waals surface area contributed by atoms with Crippen LogP contribution in [0.2, 0.25) is 0 Å². The Labute approximate surface area is 97.9 Å². The van der Waals surface area contributed by atoms with E-state index in [1.165, 1.54) is 0 Å². The first kappa shape index (κ1) is 10.7. The number of pyridine rings is 1. The van der Waals surface area contributed by atoms with Gasteiger partial charge in [0.05, 0.1) is 0 Å². The van der Waals surface area contributed by atoms with E-state index < -0.39 is 0 Å². The second kappa shape index (κ2) is 4.80. The molecular formula is C10H11N5S. The Kier molecular flexibility index (Phi) is 3.21. The maximum absolute atomic E-state index is 5.10. The molecule has 1 N–H and O–H groups in total. The zero-order valence-electron chi connectivity index (χ0n) is 8.79. The maximum atomic E-state index is 5.10. The van der Waals surface area contributed by atoms with Gasteiger partial charge in [-0.25, -0.2) is 5.10 Å². The summed E-state index contributed by atoms with van der Waals surface area (Å²) < 4.78 is 2.07. The third kappa shape index (κ3) is 2.06. The molecule has 0 unspecified atom stereocenters. The number of H-pyrrole nitrogens is 1. The summed E-state index contributed by atoms with van der Waals surface area (Å²) in [6, 6.07) is 3.76. The fourth-order valence-electron chi connectivity index (χ4n) is 1.24. The van der Waals surface area contributed by atoms with Gasteiger partial charge in [0, 0.05) is 24.2 Å². The number of rotatable bonds is 3. The molecule has 0 amide bonds. The van der Waals surface area contributed by atoms with Crippen LogP contribution in [-0.4, -0.2) is 26.1 Å². The van der Waals surface area contributed by atoms with Crippen LogP contribution in [0.4, 0.5) is 0 Å². The summed E-state index contributed by atoms with van der Waals surface area (Å²) in [7, 11) is 0. The second-order valence-electron chi connectivity index (χ2n) is 3.11. The van der Waals surface area contributed by atoms with Crippen molar-refractivity contribution in [2.75, 3.05) is 0 Å². The number of aromatic nitrogens is 4. The highest BCUT2D eigenvalue weighted by Gasteiger charge is 2.06. The fraction of sp³-hybridized carbons (Fsp3) is 0.200. The molecule has 0 saturated heterocycles. The van der Waals surface area contributed by atoms with E-state index in [0.717, 1.165) is 12.0 Å². The third-order valence-corrected chi connectivity index (χ3v) is 2.21. The van der Waals surface area contributed by atoms with Crippen LogP contribution in [0.5, 0.6) is 0 Å². The number of aromatic amines is 1. The van der Waals surface area contributed by atoms with Crippen LogP contribution in [0.3, 0.4) is 0 Å². The molecule has 0 fully saturated rings. The molecule has 0 atom stereocenters. The standard InChI is InChI=1S/C10H11N5S/c1-2-5-12-15-9(13-14-10(15)16)8-4-3-6-11-7-8/h3-7H,2H2,1H3,(H,14,16)/b12-5+. The molecule has 0 radical (unpaired) electrons. The largest absolute Gasteiger partial charge is 0.264 e. The van der Waals surface area contributed by atoms with Crippen LogP contribution in [0, 0.1) is 4.77 Å². The fourth-order valence-corrected chi connectivity index (χ4v) is 1.42. The van der Waals surface area contributed by atoms with Gasteiger partial charge >= 0.3 is 0 Å². The van der Waals surface area contributed by atoms with Gasteiger partial charge in [-0.15, -0.1) is 0 Å². The van der Waals surface area contributed by atoms with Gasteiger partial charge in [0.1, 0.15) is 0 Å². The Balaban J connectivity index is 2.50. The van der Waals surface area contributed by atoms with Crippen molar-refractivity contribution in [2.24, 2.45) is 5.10 Å². The lowest BCUT2D eigenvalue weighted by Gasteiger charge is -1.98. The monoisotopic (exact) mass is 233 g/mol. The minimum Gasteiger partial charge on any atom is -0.264 e. The van der Waals surface area contributed by atoms with Crippen LogP contribution >= 0.6 is 12.2 Å². The summed E-state index contributed by atoms with van der Waals surface area (Å²) in [6.07, 6.45) is 6.07. The summed E-state index contributed by atoms with van der Waals surface area (Å²) >= 11 is 5.10. The lowest BCUT2D eigenvalue weighted by Crippen LogP contribution is -1.94. The molecule has 2 rings (SSSR count). The van der Waals surface area contributed by atoms with Crippen molar-refractivity contribution in [3.8, 4) is 11.4 Å². The van der Waals surface area contributed by atoms with Crippen molar-refractivity contribution in [1.82, 2.24) is 19.9 Å².